The molecule has 0 aromatic heterocycles. The number of hydrogen-bond acceptors (Lipinski definition) is 4. The van der Waals surface area contributed by atoms with Crippen molar-refractivity contribution in [1.82, 2.24) is 9.21 Å². The maximum atomic E-state index is 13.6. The van der Waals surface area contributed by atoms with Crippen molar-refractivity contribution in [2.75, 3.05) is 19.6 Å². The SMILES string of the molecule is N#Cc1ccc(S(=O)(=O)N2CCCC3(CCN(C4Cc5ccccc5C4)C3=O)C2)cc1. The molecule has 1 spiro atoms. The molecule has 0 bridgehead atoms. The fourth-order valence-corrected chi connectivity index (χ4v) is 7.04. The molecule has 2 aliphatic heterocycles. The topological polar surface area (TPSA) is 81.5 Å². The van der Waals surface area contributed by atoms with Gasteiger partial charge in [-0.1, -0.05) is 24.3 Å². The summed E-state index contributed by atoms with van der Waals surface area (Å²) in [5.41, 5.74) is 2.44. The van der Waals surface area contributed by atoms with Crippen molar-refractivity contribution < 1.29 is 13.2 Å². The molecule has 1 atom stereocenters. The average Bonchev–Trinajstić information content (AvgIpc) is 3.35. The molecule has 160 valence electrons. The Morgan fingerprint density at radius 2 is 1.65 bits per heavy atom. The molecule has 2 saturated heterocycles. The van der Waals surface area contributed by atoms with Gasteiger partial charge >= 0.3 is 0 Å². The molecule has 5 rings (SSSR count). The van der Waals surface area contributed by atoms with Crippen LogP contribution in [-0.4, -0.2) is 49.2 Å². The average molecular weight is 436 g/mol. The highest BCUT2D eigenvalue weighted by molar-refractivity contribution is 7.89. The second kappa shape index (κ2) is 7.47. The van der Waals surface area contributed by atoms with Gasteiger partial charge in [-0.3, -0.25) is 4.79 Å². The molecule has 0 saturated carbocycles. The lowest BCUT2D eigenvalue weighted by molar-refractivity contribution is -0.139. The van der Waals surface area contributed by atoms with Crippen LogP contribution in [0, 0.1) is 16.7 Å². The maximum absolute atomic E-state index is 13.6. The summed E-state index contributed by atoms with van der Waals surface area (Å²) in [4.78, 5) is 15.8. The Bertz CT molecular complexity index is 1140. The first-order valence-electron chi connectivity index (χ1n) is 10.8. The summed E-state index contributed by atoms with van der Waals surface area (Å²) in [6.45, 7) is 1.36. The summed E-state index contributed by atoms with van der Waals surface area (Å²) in [6.07, 6.45) is 3.88. The van der Waals surface area contributed by atoms with Gasteiger partial charge in [-0.25, -0.2) is 8.42 Å². The zero-order chi connectivity index (χ0) is 21.6. The Morgan fingerprint density at radius 1 is 0.968 bits per heavy atom. The Hall–Kier alpha value is -2.69. The van der Waals surface area contributed by atoms with Crippen molar-refractivity contribution in [3.8, 4) is 6.07 Å². The van der Waals surface area contributed by atoms with Crippen LogP contribution in [-0.2, 0) is 27.7 Å². The third kappa shape index (κ3) is 3.35. The van der Waals surface area contributed by atoms with Gasteiger partial charge in [0.05, 0.1) is 21.9 Å². The third-order valence-corrected chi connectivity index (χ3v) is 9.04. The number of sulfonamides is 1. The zero-order valence-electron chi connectivity index (χ0n) is 17.3. The molecule has 2 aromatic carbocycles. The molecular weight excluding hydrogens is 410 g/mol. The van der Waals surface area contributed by atoms with Crippen LogP contribution < -0.4 is 0 Å². The fourth-order valence-electron chi connectivity index (χ4n) is 5.48. The number of nitriles is 1. The van der Waals surface area contributed by atoms with E-state index in [1.807, 2.05) is 23.1 Å². The molecule has 1 unspecified atom stereocenters. The molecule has 0 N–H and O–H groups in total. The molecule has 3 aliphatic rings. The van der Waals surface area contributed by atoms with Gasteiger partial charge in [-0.2, -0.15) is 9.57 Å². The quantitative estimate of drug-likeness (QED) is 0.742. The zero-order valence-corrected chi connectivity index (χ0v) is 18.1. The third-order valence-electron chi connectivity index (χ3n) is 7.18. The van der Waals surface area contributed by atoms with Gasteiger partial charge in [0.1, 0.15) is 0 Å². The number of piperidine rings is 1. The Labute approximate surface area is 183 Å². The smallest absolute Gasteiger partial charge is 0.243 e. The molecule has 7 heteroatoms. The summed E-state index contributed by atoms with van der Waals surface area (Å²) in [6, 6.07) is 16.5. The molecule has 1 aliphatic carbocycles. The predicted molar refractivity (Wildman–Crippen MR) is 116 cm³/mol. The van der Waals surface area contributed by atoms with Crippen LogP contribution in [0.5, 0.6) is 0 Å². The lowest BCUT2D eigenvalue weighted by atomic mass is 9.79. The van der Waals surface area contributed by atoms with Crippen LogP contribution in [0.2, 0.25) is 0 Å². The van der Waals surface area contributed by atoms with E-state index in [1.165, 1.54) is 39.7 Å². The molecule has 1 amide bonds. The standard InChI is InChI=1S/C24H25N3O3S/c25-16-18-6-8-22(9-7-18)31(29,30)26-12-3-10-24(17-26)11-13-27(23(24)28)21-14-19-4-1-2-5-20(19)15-21/h1-2,4-9,21H,3,10-15,17H2. The minimum atomic E-state index is -3.70. The van der Waals surface area contributed by atoms with Gasteiger partial charge in [-0.05, 0) is 67.5 Å². The largest absolute Gasteiger partial charge is 0.338 e. The van der Waals surface area contributed by atoms with Gasteiger partial charge < -0.3 is 4.90 Å². The highest BCUT2D eigenvalue weighted by Crippen LogP contribution is 2.43. The number of fused-ring (bicyclic) bond motifs is 1. The predicted octanol–water partition coefficient (Wildman–Crippen LogP) is 2.73. The fraction of sp³-hybridized carbons (Fsp3) is 0.417. The van der Waals surface area contributed by atoms with Gasteiger partial charge in [0.25, 0.3) is 0 Å². The van der Waals surface area contributed by atoms with Crippen LogP contribution in [0.25, 0.3) is 0 Å². The van der Waals surface area contributed by atoms with E-state index < -0.39 is 15.4 Å². The number of rotatable bonds is 3. The molecular formula is C24H25N3O3S. The van der Waals surface area contributed by atoms with Crippen molar-refractivity contribution in [3.05, 3.63) is 65.2 Å². The van der Waals surface area contributed by atoms with Gasteiger partial charge in [-0.15, -0.1) is 0 Å². The Balaban J connectivity index is 1.35. The van der Waals surface area contributed by atoms with Gasteiger partial charge in [0, 0.05) is 25.7 Å². The highest BCUT2D eigenvalue weighted by Gasteiger charge is 2.52. The summed E-state index contributed by atoms with van der Waals surface area (Å²) < 4.78 is 28.0. The van der Waals surface area contributed by atoms with E-state index in [1.54, 1.807) is 0 Å². The maximum Gasteiger partial charge on any atom is 0.243 e. The van der Waals surface area contributed by atoms with Crippen molar-refractivity contribution in [2.45, 2.75) is 43.0 Å². The second-order valence-corrected chi connectivity index (χ2v) is 10.9. The number of amides is 1. The van der Waals surface area contributed by atoms with E-state index in [4.69, 9.17) is 5.26 Å². The van der Waals surface area contributed by atoms with E-state index >= 15 is 0 Å². The van der Waals surface area contributed by atoms with Crippen molar-refractivity contribution in [3.63, 3.8) is 0 Å². The summed E-state index contributed by atoms with van der Waals surface area (Å²) in [5, 5.41) is 8.97. The number of nitrogens with zero attached hydrogens (tertiary/aromatic N) is 3. The molecule has 2 fully saturated rings. The van der Waals surface area contributed by atoms with Crippen LogP contribution in [0.3, 0.4) is 0 Å². The van der Waals surface area contributed by atoms with Gasteiger partial charge in [0.15, 0.2) is 0 Å². The monoisotopic (exact) mass is 435 g/mol. The Kier molecular flexibility index (Phi) is 4.87. The molecule has 6 nitrogen and oxygen atoms in total. The first-order chi connectivity index (χ1) is 14.9. The first kappa shape index (κ1) is 20.2. The normalized spacial score (nSPS) is 24.5. The molecule has 0 radical (unpaired) electrons. The van der Waals surface area contributed by atoms with Crippen LogP contribution in [0.1, 0.15) is 36.0 Å². The van der Waals surface area contributed by atoms with E-state index in [-0.39, 0.29) is 23.4 Å². The lowest BCUT2D eigenvalue weighted by Crippen LogP contribution is -2.51. The van der Waals surface area contributed by atoms with Crippen molar-refractivity contribution in [1.29, 1.82) is 5.26 Å². The van der Waals surface area contributed by atoms with Crippen LogP contribution >= 0.6 is 0 Å². The molecule has 2 heterocycles. The summed E-state index contributed by atoms with van der Waals surface area (Å²) in [7, 11) is -3.70. The van der Waals surface area contributed by atoms with Crippen LogP contribution in [0.4, 0.5) is 0 Å². The van der Waals surface area contributed by atoms with Crippen molar-refractivity contribution in [2.24, 2.45) is 5.41 Å². The van der Waals surface area contributed by atoms with Gasteiger partial charge in [0.2, 0.25) is 15.9 Å². The number of benzene rings is 2. The molecule has 2 aromatic rings. The van der Waals surface area contributed by atoms with E-state index in [0.717, 1.165) is 19.3 Å². The van der Waals surface area contributed by atoms with Crippen LogP contribution in [0.15, 0.2) is 53.4 Å². The molecule has 31 heavy (non-hydrogen) atoms. The lowest BCUT2D eigenvalue weighted by Gasteiger charge is -2.38. The first-order valence-corrected chi connectivity index (χ1v) is 12.3. The van der Waals surface area contributed by atoms with E-state index in [2.05, 4.69) is 12.1 Å². The summed E-state index contributed by atoms with van der Waals surface area (Å²) >= 11 is 0. The highest BCUT2D eigenvalue weighted by atomic mass is 32.2. The minimum absolute atomic E-state index is 0.116. The number of likely N-dealkylation sites (tertiary alicyclic amines) is 1. The Morgan fingerprint density at radius 3 is 2.29 bits per heavy atom. The number of carbonyl (C=O) groups excluding carboxylic acids is 1. The minimum Gasteiger partial charge on any atom is -0.338 e. The van der Waals surface area contributed by atoms with E-state index in [0.29, 0.717) is 31.5 Å². The number of hydrogen-bond donors (Lipinski definition) is 0. The van der Waals surface area contributed by atoms with Crippen molar-refractivity contribution >= 4 is 15.9 Å². The van der Waals surface area contributed by atoms with E-state index in [9.17, 15) is 13.2 Å². The number of carbonyl (C=O) groups is 1. The second-order valence-electron chi connectivity index (χ2n) is 8.94. The summed E-state index contributed by atoms with van der Waals surface area (Å²) in [5.74, 6) is 0.116.